The van der Waals surface area contributed by atoms with Crippen molar-refractivity contribution in [2.75, 3.05) is 40.3 Å². The maximum atomic E-state index is 12.1. The number of nitrogens with two attached hydrogens (primary N) is 2. The summed E-state index contributed by atoms with van der Waals surface area (Å²) in [4.78, 5) is 39.3. The number of ether oxygens (including phenoxy) is 1. The van der Waals surface area contributed by atoms with E-state index in [4.69, 9.17) is 44.5 Å². The number of hydrogen-bond acceptors (Lipinski definition) is 9. The molecule has 1 aromatic carbocycles. The molecule has 12 nitrogen and oxygen atoms in total. The number of carbonyl (C=O) groups is 3. The molecule has 1 aliphatic rings. The first kappa shape index (κ1) is 41.5. The third kappa shape index (κ3) is 14.0. The fourth-order valence-corrected chi connectivity index (χ4v) is 5.56. The summed E-state index contributed by atoms with van der Waals surface area (Å²) in [6, 6.07) is 9.32. The number of nitrogens with zero attached hydrogens (tertiary/aromatic N) is 4. The Hall–Kier alpha value is -3.49. The number of aldehydes is 2. The summed E-state index contributed by atoms with van der Waals surface area (Å²) >= 11 is 14.5. The molecule has 0 spiro atoms. The van der Waals surface area contributed by atoms with Gasteiger partial charge in [0, 0.05) is 49.3 Å². The molecule has 0 radical (unpaired) electrons. The summed E-state index contributed by atoms with van der Waals surface area (Å²) in [6.07, 6.45) is 3.23. The lowest BCUT2D eigenvalue weighted by molar-refractivity contribution is -0.131. The Labute approximate surface area is 291 Å². The minimum atomic E-state index is -0.0490. The molecule has 6 N–H and O–H groups in total. The van der Waals surface area contributed by atoms with Crippen LogP contribution >= 0.6 is 34.5 Å². The number of rotatable bonds is 10. The van der Waals surface area contributed by atoms with Crippen LogP contribution in [0.5, 0.6) is 5.75 Å². The van der Waals surface area contributed by atoms with Crippen LogP contribution in [0.3, 0.4) is 0 Å². The summed E-state index contributed by atoms with van der Waals surface area (Å²) < 4.78 is 7.73. The Morgan fingerprint density at radius 2 is 1.79 bits per heavy atom. The van der Waals surface area contributed by atoms with E-state index < -0.39 is 0 Å². The van der Waals surface area contributed by atoms with Crippen LogP contribution in [0, 0.1) is 5.92 Å². The fourth-order valence-electron chi connectivity index (χ4n) is 4.35. The highest BCUT2D eigenvalue weighted by Crippen LogP contribution is 2.40. The first-order valence-corrected chi connectivity index (χ1v) is 16.5. The number of amides is 1. The molecule has 0 unspecified atom stereocenters. The first-order valence-electron chi connectivity index (χ1n) is 15.0. The van der Waals surface area contributed by atoms with Crippen LogP contribution < -0.4 is 21.5 Å². The number of carbonyl (C=O) groups excluding carboxylic acids is 3. The van der Waals surface area contributed by atoms with Crippen LogP contribution in [0.2, 0.25) is 10.0 Å². The smallest absolute Gasteiger partial charge is 0.236 e. The van der Waals surface area contributed by atoms with Gasteiger partial charge in [-0.15, -0.1) is 11.3 Å². The van der Waals surface area contributed by atoms with Gasteiger partial charge in [-0.25, -0.2) is 4.99 Å². The number of guanidine groups is 1. The fraction of sp³-hybridized carbons (Fsp3) is 0.469. The van der Waals surface area contributed by atoms with Gasteiger partial charge in [-0.05, 0) is 56.1 Å². The Kier molecular flexibility index (Phi) is 19.6. The molecule has 15 heteroatoms. The van der Waals surface area contributed by atoms with Crippen LogP contribution in [-0.2, 0) is 23.2 Å². The average molecular weight is 713 g/mol. The SMILES string of the molecule is CC(C)C.CNCC(=O)N1CCC(c2cc(-c3ccc(OCc4ccc(C=O)s4)c(Cl)c3Cl)nn2C)CC1.CO.NC(N)=NCC=O. The minimum Gasteiger partial charge on any atom is -0.486 e. The number of halogens is 2. The van der Waals surface area contributed by atoms with Gasteiger partial charge < -0.3 is 36.3 Å². The zero-order valence-corrected chi connectivity index (χ0v) is 30.2. The molecule has 0 atom stereocenters. The van der Waals surface area contributed by atoms with Gasteiger partial charge in [-0.3, -0.25) is 14.3 Å². The second-order valence-electron chi connectivity index (χ2n) is 10.9. The monoisotopic (exact) mass is 711 g/mol. The zero-order valence-electron chi connectivity index (χ0n) is 27.8. The highest BCUT2D eigenvalue weighted by Gasteiger charge is 2.26. The van der Waals surface area contributed by atoms with Gasteiger partial charge >= 0.3 is 0 Å². The van der Waals surface area contributed by atoms with E-state index in [1.54, 1.807) is 19.2 Å². The largest absolute Gasteiger partial charge is 0.486 e. The maximum Gasteiger partial charge on any atom is 0.236 e. The zero-order chi connectivity index (χ0) is 35.5. The molecule has 0 aliphatic carbocycles. The lowest BCUT2D eigenvalue weighted by Crippen LogP contribution is -2.42. The highest BCUT2D eigenvalue weighted by atomic mass is 35.5. The number of likely N-dealkylation sites (tertiary alicyclic amines) is 1. The minimum absolute atomic E-state index is 0.0490. The predicted octanol–water partition coefficient (Wildman–Crippen LogP) is 4.50. The molecule has 1 aliphatic heterocycles. The number of piperidine rings is 1. The summed E-state index contributed by atoms with van der Waals surface area (Å²) in [5, 5.41) is 15.3. The normalized spacial score (nSPS) is 12.4. The van der Waals surface area contributed by atoms with Crippen molar-refractivity contribution in [3.8, 4) is 17.0 Å². The lowest BCUT2D eigenvalue weighted by atomic mass is 9.93. The molecule has 4 rings (SSSR count). The number of aliphatic hydroxyl groups excluding tert-OH is 1. The van der Waals surface area contributed by atoms with Crippen LogP contribution in [0.1, 0.15) is 59.8 Å². The number of thiophene rings is 1. The van der Waals surface area contributed by atoms with E-state index in [-0.39, 0.29) is 18.4 Å². The van der Waals surface area contributed by atoms with E-state index in [1.165, 1.54) is 11.3 Å². The molecule has 2 aromatic heterocycles. The molecule has 0 saturated carbocycles. The highest BCUT2D eigenvalue weighted by molar-refractivity contribution is 7.13. The van der Waals surface area contributed by atoms with E-state index in [0.29, 0.717) is 46.0 Å². The summed E-state index contributed by atoms with van der Waals surface area (Å²) in [6.45, 7) is 8.71. The molecule has 1 saturated heterocycles. The molecule has 3 aromatic rings. The number of aliphatic hydroxyl groups is 1. The van der Waals surface area contributed by atoms with Crippen molar-refractivity contribution in [2.24, 2.45) is 29.4 Å². The maximum absolute atomic E-state index is 12.1. The van der Waals surface area contributed by atoms with E-state index in [1.807, 2.05) is 28.8 Å². The van der Waals surface area contributed by atoms with Gasteiger partial charge in [0.1, 0.15) is 23.7 Å². The van der Waals surface area contributed by atoms with Crippen molar-refractivity contribution in [3.63, 3.8) is 0 Å². The summed E-state index contributed by atoms with van der Waals surface area (Å²) in [7, 11) is 4.71. The number of aromatic nitrogens is 2. The number of nitrogens with one attached hydrogen (secondary N) is 1. The Morgan fingerprint density at radius 1 is 1.15 bits per heavy atom. The number of likely N-dealkylation sites (N-methyl/N-ethyl adjacent to an activating group) is 1. The van der Waals surface area contributed by atoms with Gasteiger partial charge in [-0.2, -0.15) is 5.10 Å². The second kappa shape index (κ2) is 22.1. The van der Waals surface area contributed by atoms with E-state index in [0.717, 1.165) is 67.1 Å². The standard InChI is InChI=1S/C24H26Cl2N4O3S.C4H10.C3H7N3O.CH4O/c1-27-12-22(32)30-9-7-15(8-10-30)20-11-19(28-29(20)2)18-5-6-21(24(26)23(18)25)33-14-17-4-3-16(13-31)34-17;1-4(2)3;4-3(5)6-1-2-7;1-2/h3-6,11,13,15,27H,7-10,12,14H2,1-2H3;4H,1-3H3;2H,1H2,(H4,4,5,6);2H,1H3. The number of hydrogen-bond donors (Lipinski definition) is 4. The van der Waals surface area contributed by atoms with Gasteiger partial charge in [0.05, 0.1) is 28.7 Å². The average Bonchev–Trinajstić information content (AvgIpc) is 3.68. The van der Waals surface area contributed by atoms with Crippen LogP contribution in [0.4, 0.5) is 0 Å². The Balaban J connectivity index is 0.000000726. The van der Waals surface area contributed by atoms with Crippen molar-refractivity contribution in [2.45, 2.75) is 46.1 Å². The van der Waals surface area contributed by atoms with Gasteiger partial charge in [0.25, 0.3) is 0 Å². The van der Waals surface area contributed by atoms with Crippen molar-refractivity contribution < 1.29 is 24.2 Å². The molecule has 260 valence electrons. The predicted molar refractivity (Wildman–Crippen MR) is 191 cm³/mol. The molecule has 47 heavy (non-hydrogen) atoms. The van der Waals surface area contributed by atoms with Crippen molar-refractivity contribution in [1.29, 1.82) is 0 Å². The second-order valence-corrected chi connectivity index (χ2v) is 12.8. The van der Waals surface area contributed by atoms with Crippen molar-refractivity contribution in [1.82, 2.24) is 20.0 Å². The number of aliphatic imine (C=N–C) groups is 1. The molecule has 3 heterocycles. The first-order chi connectivity index (χ1) is 22.4. The van der Waals surface area contributed by atoms with Gasteiger partial charge in [0.2, 0.25) is 5.91 Å². The van der Waals surface area contributed by atoms with Gasteiger partial charge in [0.15, 0.2) is 12.2 Å². The van der Waals surface area contributed by atoms with E-state index in [9.17, 15) is 14.4 Å². The van der Waals surface area contributed by atoms with Crippen LogP contribution in [-0.4, -0.2) is 84.6 Å². The van der Waals surface area contributed by atoms with E-state index >= 15 is 0 Å². The quantitative estimate of drug-likeness (QED) is 0.134. The lowest BCUT2D eigenvalue weighted by Gasteiger charge is -2.32. The molecule has 1 fully saturated rings. The van der Waals surface area contributed by atoms with Crippen LogP contribution in [0.15, 0.2) is 35.3 Å². The van der Waals surface area contributed by atoms with Crippen LogP contribution in [0.25, 0.3) is 11.3 Å². The molecular weight excluding hydrogens is 665 g/mol. The summed E-state index contributed by atoms with van der Waals surface area (Å²) in [5.74, 6) is 1.72. The third-order valence-corrected chi connectivity index (χ3v) is 8.20. The number of aryl methyl sites for hydroxylation is 1. The Bertz CT molecular complexity index is 1430. The third-order valence-electron chi connectivity index (χ3n) is 6.35. The van der Waals surface area contributed by atoms with E-state index in [2.05, 4.69) is 42.2 Å². The molecular formula is C32H47Cl2N7O5S. The van der Waals surface area contributed by atoms with Crippen molar-refractivity contribution in [3.05, 3.63) is 55.8 Å². The number of benzene rings is 1. The Morgan fingerprint density at radius 3 is 2.30 bits per heavy atom. The summed E-state index contributed by atoms with van der Waals surface area (Å²) in [5.41, 5.74) is 12.3. The molecule has 1 amide bonds. The van der Waals surface area contributed by atoms with Crippen molar-refractivity contribution >= 4 is 59.0 Å². The van der Waals surface area contributed by atoms with Gasteiger partial charge in [-0.1, -0.05) is 44.0 Å². The molecule has 0 bridgehead atoms. The topological polar surface area (TPSA) is 178 Å².